The fraction of sp³-hybridized carbons (Fsp3) is 0.500. The van der Waals surface area contributed by atoms with Crippen molar-refractivity contribution in [1.29, 1.82) is 0 Å². The summed E-state index contributed by atoms with van der Waals surface area (Å²) < 4.78 is 0.444. The summed E-state index contributed by atoms with van der Waals surface area (Å²) in [5.41, 5.74) is 6.60. The van der Waals surface area contributed by atoms with Crippen LogP contribution in [0.25, 0.3) is 0 Å². The second-order valence-corrected chi connectivity index (χ2v) is 4.16. The molecule has 1 aromatic rings. The van der Waals surface area contributed by atoms with Gasteiger partial charge < -0.3 is 10.7 Å². The maximum Gasteiger partial charge on any atom is 0.198 e. The number of H-pyrrole nitrogens is 1. The smallest absolute Gasteiger partial charge is 0.198 e. The first-order valence-electron chi connectivity index (χ1n) is 3.77. The summed E-state index contributed by atoms with van der Waals surface area (Å²) in [6, 6.07) is 1.82. The minimum atomic E-state index is 0.0324. The number of aromatic nitrogens is 2. The molecule has 4 heteroatoms. The Bertz CT molecular complexity index is 335. The monoisotopic (exact) mass is 183 g/mol. The van der Waals surface area contributed by atoms with E-state index in [9.17, 15) is 0 Å². The standard InChI is InChI=1S/C8H13N3S/c1-8(2,3)5-4-6(9)11-7(12)10-5/h4H,1-3H3,(H3,9,10,11,12). The third kappa shape index (κ3) is 2.04. The van der Waals surface area contributed by atoms with Crippen LogP contribution in [0, 0.1) is 4.77 Å². The number of aromatic amines is 1. The molecule has 0 aliphatic rings. The van der Waals surface area contributed by atoms with E-state index in [1.54, 1.807) is 0 Å². The van der Waals surface area contributed by atoms with Gasteiger partial charge in [0.25, 0.3) is 0 Å². The van der Waals surface area contributed by atoms with Gasteiger partial charge >= 0.3 is 0 Å². The molecule has 0 bridgehead atoms. The summed E-state index contributed by atoms with van der Waals surface area (Å²) in [6.45, 7) is 6.27. The van der Waals surface area contributed by atoms with Crippen LogP contribution in [0.3, 0.4) is 0 Å². The lowest BCUT2D eigenvalue weighted by Gasteiger charge is -2.18. The molecule has 3 N–H and O–H groups in total. The Morgan fingerprint density at radius 2 is 2.08 bits per heavy atom. The molecule has 1 heterocycles. The van der Waals surface area contributed by atoms with Gasteiger partial charge in [0.15, 0.2) is 4.77 Å². The molecule has 1 rings (SSSR count). The van der Waals surface area contributed by atoms with Crippen molar-refractivity contribution in [3.63, 3.8) is 0 Å². The third-order valence-electron chi connectivity index (χ3n) is 1.57. The van der Waals surface area contributed by atoms with Crippen molar-refractivity contribution in [2.75, 3.05) is 5.73 Å². The van der Waals surface area contributed by atoms with Crippen molar-refractivity contribution in [1.82, 2.24) is 9.97 Å². The van der Waals surface area contributed by atoms with Gasteiger partial charge in [-0.1, -0.05) is 20.8 Å². The molecule has 12 heavy (non-hydrogen) atoms. The molecule has 1 aromatic heterocycles. The lowest BCUT2D eigenvalue weighted by Crippen LogP contribution is -2.14. The number of nitrogen functional groups attached to an aromatic ring is 1. The summed E-state index contributed by atoms with van der Waals surface area (Å²) in [6.07, 6.45) is 0. The molecule has 0 radical (unpaired) electrons. The van der Waals surface area contributed by atoms with Crippen LogP contribution in [-0.2, 0) is 5.41 Å². The van der Waals surface area contributed by atoms with Crippen LogP contribution in [0.15, 0.2) is 6.07 Å². The van der Waals surface area contributed by atoms with Crippen molar-refractivity contribution >= 4 is 18.0 Å². The quantitative estimate of drug-likeness (QED) is 0.605. The molecule has 0 amide bonds. The number of nitrogens with two attached hydrogens (primary N) is 1. The van der Waals surface area contributed by atoms with Gasteiger partial charge in [-0.2, -0.15) is 0 Å². The molecule has 0 aromatic carbocycles. The fourth-order valence-corrected chi connectivity index (χ4v) is 1.10. The molecule has 0 spiro atoms. The molecule has 0 aliphatic carbocycles. The van der Waals surface area contributed by atoms with Crippen molar-refractivity contribution in [3.8, 4) is 0 Å². The Labute approximate surface area is 77.0 Å². The van der Waals surface area contributed by atoms with Crippen LogP contribution < -0.4 is 5.73 Å². The summed E-state index contributed by atoms with van der Waals surface area (Å²) in [7, 11) is 0. The van der Waals surface area contributed by atoms with Crippen molar-refractivity contribution in [3.05, 3.63) is 16.5 Å². The van der Waals surface area contributed by atoms with E-state index >= 15 is 0 Å². The topological polar surface area (TPSA) is 54.7 Å². The summed E-state index contributed by atoms with van der Waals surface area (Å²) in [5, 5.41) is 0. The van der Waals surface area contributed by atoms with Gasteiger partial charge in [0, 0.05) is 17.2 Å². The molecule has 0 atom stereocenters. The largest absolute Gasteiger partial charge is 0.384 e. The lowest BCUT2D eigenvalue weighted by atomic mass is 9.92. The van der Waals surface area contributed by atoms with Crippen LogP contribution in [-0.4, -0.2) is 9.97 Å². The minimum absolute atomic E-state index is 0.0324. The normalized spacial score (nSPS) is 11.6. The number of nitrogens with one attached hydrogen (secondary N) is 1. The molecule has 0 saturated heterocycles. The Hall–Kier alpha value is -0.900. The zero-order valence-corrected chi connectivity index (χ0v) is 8.33. The molecule has 0 fully saturated rings. The minimum Gasteiger partial charge on any atom is -0.384 e. The Balaban J connectivity index is 3.27. The average Bonchev–Trinajstić information content (AvgIpc) is 1.82. The molecule has 0 aliphatic heterocycles. The molecule has 66 valence electrons. The number of rotatable bonds is 0. The van der Waals surface area contributed by atoms with E-state index < -0.39 is 0 Å². The summed E-state index contributed by atoms with van der Waals surface area (Å²) in [4.78, 5) is 6.90. The van der Waals surface area contributed by atoms with Crippen LogP contribution in [0.2, 0.25) is 0 Å². The highest BCUT2D eigenvalue weighted by Gasteiger charge is 2.14. The zero-order valence-electron chi connectivity index (χ0n) is 7.51. The van der Waals surface area contributed by atoms with E-state index in [1.165, 1.54) is 0 Å². The van der Waals surface area contributed by atoms with Crippen LogP contribution in [0.5, 0.6) is 0 Å². The first-order valence-corrected chi connectivity index (χ1v) is 4.18. The Kier molecular flexibility index (Phi) is 2.19. The fourth-order valence-electron chi connectivity index (χ4n) is 0.881. The average molecular weight is 183 g/mol. The highest BCUT2D eigenvalue weighted by atomic mass is 32.1. The lowest BCUT2D eigenvalue weighted by molar-refractivity contribution is 0.566. The SMILES string of the molecule is CC(C)(C)c1cc(N)nc(=S)[nH]1. The van der Waals surface area contributed by atoms with E-state index in [0.717, 1.165) is 5.69 Å². The third-order valence-corrected chi connectivity index (χ3v) is 1.77. The number of anilines is 1. The highest BCUT2D eigenvalue weighted by Crippen LogP contribution is 2.20. The number of hydrogen-bond donors (Lipinski definition) is 2. The van der Waals surface area contributed by atoms with Gasteiger partial charge in [-0.05, 0) is 12.2 Å². The number of hydrogen-bond acceptors (Lipinski definition) is 3. The van der Waals surface area contributed by atoms with Crippen molar-refractivity contribution < 1.29 is 0 Å². The van der Waals surface area contributed by atoms with Gasteiger partial charge in [0.1, 0.15) is 5.82 Å². The van der Waals surface area contributed by atoms with E-state index in [0.29, 0.717) is 10.6 Å². The van der Waals surface area contributed by atoms with Crippen molar-refractivity contribution in [2.24, 2.45) is 0 Å². The van der Waals surface area contributed by atoms with Gasteiger partial charge in [-0.3, -0.25) is 0 Å². The first-order chi connectivity index (χ1) is 5.39. The predicted molar refractivity (Wildman–Crippen MR) is 52.5 cm³/mol. The summed E-state index contributed by atoms with van der Waals surface area (Å²) in [5.74, 6) is 0.476. The molecule has 0 saturated carbocycles. The van der Waals surface area contributed by atoms with Gasteiger partial charge in [-0.25, -0.2) is 4.98 Å². The molecule has 0 unspecified atom stereocenters. The highest BCUT2D eigenvalue weighted by molar-refractivity contribution is 7.71. The van der Waals surface area contributed by atoms with Crippen LogP contribution >= 0.6 is 12.2 Å². The summed E-state index contributed by atoms with van der Waals surface area (Å²) >= 11 is 4.91. The van der Waals surface area contributed by atoms with Crippen LogP contribution in [0.4, 0.5) is 5.82 Å². The second kappa shape index (κ2) is 2.86. The molecule has 3 nitrogen and oxygen atoms in total. The second-order valence-electron chi connectivity index (χ2n) is 3.77. The van der Waals surface area contributed by atoms with E-state index in [-0.39, 0.29) is 5.41 Å². The van der Waals surface area contributed by atoms with Crippen LogP contribution in [0.1, 0.15) is 26.5 Å². The van der Waals surface area contributed by atoms with Crippen molar-refractivity contribution in [2.45, 2.75) is 26.2 Å². The van der Waals surface area contributed by atoms with E-state index in [1.807, 2.05) is 6.07 Å². The number of nitrogens with zero attached hydrogens (tertiary/aromatic N) is 1. The maximum atomic E-state index is 5.56. The zero-order chi connectivity index (χ0) is 9.35. The van der Waals surface area contributed by atoms with E-state index in [4.69, 9.17) is 18.0 Å². The maximum absolute atomic E-state index is 5.56. The molecular formula is C8H13N3S. The van der Waals surface area contributed by atoms with Gasteiger partial charge in [0.05, 0.1) is 0 Å². The van der Waals surface area contributed by atoms with Gasteiger partial charge in [0.2, 0.25) is 0 Å². The Morgan fingerprint density at radius 1 is 1.50 bits per heavy atom. The van der Waals surface area contributed by atoms with E-state index in [2.05, 4.69) is 30.7 Å². The Morgan fingerprint density at radius 3 is 2.50 bits per heavy atom. The van der Waals surface area contributed by atoms with Gasteiger partial charge in [-0.15, -0.1) is 0 Å². The predicted octanol–water partition coefficient (Wildman–Crippen LogP) is 2.02. The molecular weight excluding hydrogens is 170 g/mol. The first kappa shape index (κ1) is 9.19.